The number of amides is 3. The number of nitrogens with zero attached hydrogens (tertiary/aromatic N) is 1. The van der Waals surface area contributed by atoms with Crippen molar-refractivity contribution in [1.29, 1.82) is 0 Å². The second-order valence-electron chi connectivity index (χ2n) is 10.6. The number of carboxylic acid groups (broad SMARTS) is 1. The van der Waals surface area contributed by atoms with Crippen molar-refractivity contribution in [2.24, 2.45) is 11.8 Å². The summed E-state index contributed by atoms with van der Waals surface area (Å²) < 4.78 is 5.56. The average Bonchev–Trinajstić information content (AvgIpc) is 3.18. The lowest BCUT2D eigenvalue weighted by Gasteiger charge is -2.38. The van der Waals surface area contributed by atoms with E-state index in [2.05, 4.69) is 10.6 Å². The fourth-order valence-corrected chi connectivity index (χ4v) is 5.24. The molecule has 0 aromatic heterocycles. The van der Waals surface area contributed by atoms with Gasteiger partial charge in [-0.05, 0) is 70.6 Å². The Labute approximate surface area is 206 Å². The Bertz CT molecular complexity index is 951. The highest BCUT2D eigenvalue weighted by molar-refractivity contribution is 5.94. The van der Waals surface area contributed by atoms with Gasteiger partial charge in [0.25, 0.3) is 0 Å². The number of esters is 1. The SMILES string of the molecule is Cc1cccc(NC(=O)NCC(=O)N2C(C(=O)OC(C)(C)C)CC(C(=O)O)C2C2CCCCC2)c1. The number of carbonyl (C=O) groups is 4. The first-order chi connectivity index (χ1) is 16.5. The van der Waals surface area contributed by atoms with Gasteiger partial charge in [-0.1, -0.05) is 31.4 Å². The predicted octanol–water partition coefficient (Wildman–Crippen LogP) is 3.71. The Kier molecular flexibility index (Phi) is 8.40. The number of benzene rings is 1. The van der Waals surface area contributed by atoms with Crippen LogP contribution in [0.2, 0.25) is 0 Å². The molecule has 0 spiro atoms. The molecule has 0 radical (unpaired) electrons. The van der Waals surface area contributed by atoms with Crippen molar-refractivity contribution in [1.82, 2.24) is 10.2 Å². The van der Waals surface area contributed by atoms with Crippen LogP contribution in [0.1, 0.15) is 64.9 Å². The quantitative estimate of drug-likeness (QED) is 0.526. The third kappa shape index (κ3) is 6.96. The maximum Gasteiger partial charge on any atom is 0.329 e. The summed E-state index contributed by atoms with van der Waals surface area (Å²) in [6, 6.07) is 5.09. The maximum absolute atomic E-state index is 13.4. The van der Waals surface area contributed by atoms with E-state index in [9.17, 15) is 24.3 Å². The number of aryl methyl sites for hydroxylation is 1. The largest absolute Gasteiger partial charge is 0.481 e. The van der Waals surface area contributed by atoms with Crippen molar-refractivity contribution in [2.75, 3.05) is 11.9 Å². The number of carbonyl (C=O) groups excluding carboxylic acids is 3. The van der Waals surface area contributed by atoms with Crippen LogP contribution in [0, 0.1) is 18.8 Å². The van der Waals surface area contributed by atoms with Gasteiger partial charge in [0.1, 0.15) is 11.6 Å². The van der Waals surface area contributed by atoms with Crippen molar-refractivity contribution < 1.29 is 29.0 Å². The molecule has 192 valence electrons. The molecule has 2 fully saturated rings. The van der Waals surface area contributed by atoms with E-state index in [0.717, 1.165) is 37.7 Å². The van der Waals surface area contributed by atoms with E-state index in [1.165, 1.54) is 4.90 Å². The Hall–Kier alpha value is -3.10. The Morgan fingerprint density at radius 2 is 1.80 bits per heavy atom. The van der Waals surface area contributed by atoms with Crippen LogP contribution >= 0.6 is 0 Å². The first-order valence-corrected chi connectivity index (χ1v) is 12.3. The number of hydrogen-bond donors (Lipinski definition) is 3. The smallest absolute Gasteiger partial charge is 0.329 e. The van der Waals surface area contributed by atoms with Gasteiger partial charge in [0.05, 0.1) is 12.5 Å². The summed E-state index contributed by atoms with van der Waals surface area (Å²) in [7, 11) is 0. The second-order valence-corrected chi connectivity index (χ2v) is 10.6. The predicted molar refractivity (Wildman–Crippen MR) is 131 cm³/mol. The van der Waals surface area contributed by atoms with Crippen molar-refractivity contribution in [3.05, 3.63) is 29.8 Å². The lowest BCUT2D eigenvalue weighted by molar-refractivity contribution is -0.164. The molecular formula is C26H37N3O6. The average molecular weight is 488 g/mol. The lowest BCUT2D eigenvalue weighted by atomic mass is 9.79. The molecule has 1 saturated carbocycles. The Morgan fingerprint density at radius 1 is 1.11 bits per heavy atom. The minimum absolute atomic E-state index is 0.00659. The highest BCUT2D eigenvalue weighted by Crippen LogP contribution is 2.41. The van der Waals surface area contributed by atoms with Gasteiger partial charge in [-0.3, -0.25) is 9.59 Å². The van der Waals surface area contributed by atoms with Crippen LogP contribution in [-0.4, -0.2) is 58.1 Å². The molecule has 9 nitrogen and oxygen atoms in total. The monoisotopic (exact) mass is 487 g/mol. The molecular weight excluding hydrogens is 450 g/mol. The van der Waals surface area contributed by atoms with E-state index >= 15 is 0 Å². The third-order valence-corrected chi connectivity index (χ3v) is 6.64. The molecule has 2 aliphatic rings. The molecule has 3 rings (SSSR count). The summed E-state index contributed by atoms with van der Waals surface area (Å²) in [5.74, 6) is -2.99. The number of rotatable bonds is 6. The summed E-state index contributed by atoms with van der Waals surface area (Å²) in [6.07, 6.45) is 4.62. The van der Waals surface area contributed by atoms with Gasteiger partial charge >= 0.3 is 18.0 Å². The van der Waals surface area contributed by atoms with Gasteiger partial charge in [0.2, 0.25) is 5.91 Å². The molecule has 3 amide bonds. The molecule has 3 atom stereocenters. The minimum atomic E-state index is -1.02. The third-order valence-electron chi connectivity index (χ3n) is 6.64. The number of anilines is 1. The highest BCUT2D eigenvalue weighted by atomic mass is 16.6. The van der Waals surface area contributed by atoms with Crippen LogP contribution < -0.4 is 10.6 Å². The molecule has 3 unspecified atom stereocenters. The molecule has 0 bridgehead atoms. The number of hydrogen-bond acceptors (Lipinski definition) is 5. The molecule has 1 aromatic rings. The van der Waals surface area contributed by atoms with E-state index in [0.29, 0.717) is 5.69 Å². The number of likely N-dealkylation sites (tertiary alicyclic amines) is 1. The van der Waals surface area contributed by atoms with E-state index in [-0.39, 0.29) is 18.9 Å². The van der Waals surface area contributed by atoms with Gasteiger partial charge in [0.15, 0.2) is 0 Å². The van der Waals surface area contributed by atoms with Crippen molar-refractivity contribution >= 4 is 29.6 Å². The number of urea groups is 1. The number of nitrogens with one attached hydrogen (secondary N) is 2. The molecule has 35 heavy (non-hydrogen) atoms. The van der Waals surface area contributed by atoms with Crippen LogP contribution in [0.25, 0.3) is 0 Å². The van der Waals surface area contributed by atoms with Crippen molar-refractivity contribution in [3.63, 3.8) is 0 Å². The summed E-state index contributed by atoms with van der Waals surface area (Å²) >= 11 is 0. The number of ether oxygens (including phenoxy) is 1. The molecule has 1 aliphatic heterocycles. The van der Waals surface area contributed by atoms with Crippen LogP contribution in [0.15, 0.2) is 24.3 Å². The molecule has 1 aliphatic carbocycles. The van der Waals surface area contributed by atoms with Gasteiger partial charge < -0.3 is 25.4 Å². The van der Waals surface area contributed by atoms with Crippen LogP contribution in [0.5, 0.6) is 0 Å². The van der Waals surface area contributed by atoms with E-state index < -0.39 is 47.5 Å². The van der Waals surface area contributed by atoms with Crippen molar-refractivity contribution in [2.45, 2.75) is 83.9 Å². The lowest BCUT2D eigenvalue weighted by Crippen LogP contribution is -2.53. The molecule has 1 aromatic carbocycles. The van der Waals surface area contributed by atoms with Gasteiger partial charge in [0, 0.05) is 11.7 Å². The maximum atomic E-state index is 13.4. The second kappa shape index (κ2) is 11.1. The zero-order chi connectivity index (χ0) is 25.8. The topological polar surface area (TPSA) is 125 Å². The summed E-state index contributed by atoms with van der Waals surface area (Å²) in [5, 5.41) is 15.2. The first kappa shape index (κ1) is 26.5. The van der Waals surface area contributed by atoms with Gasteiger partial charge in [-0.15, -0.1) is 0 Å². The number of carboxylic acids is 1. The van der Waals surface area contributed by atoms with Gasteiger partial charge in [-0.25, -0.2) is 9.59 Å². The normalized spacial score (nSPS) is 23.0. The minimum Gasteiger partial charge on any atom is -0.481 e. The van der Waals surface area contributed by atoms with Crippen molar-refractivity contribution in [3.8, 4) is 0 Å². The van der Waals surface area contributed by atoms with Crippen LogP contribution in [-0.2, 0) is 19.1 Å². The molecule has 3 N–H and O–H groups in total. The van der Waals surface area contributed by atoms with E-state index in [1.807, 2.05) is 19.1 Å². The molecule has 1 heterocycles. The Morgan fingerprint density at radius 3 is 2.40 bits per heavy atom. The fourth-order valence-electron chi connectivity index (χ4n) is 5.24. The fraction of sp³-hybridized carbons (Fsp3) is 0.615. The zero-order valence-electron chi connectivity index (χ0n) is 21.0. The summed E-state index contributed by atoms with van der Waals surface area (Å²) in [6.45, 7) is 6.75. The van der Waals surface area contributed by atoms with Crippen LogP contribution in [0.4, 0.5) is 10.5 Å². The number of aliphatic carboxylic acids is 1. The van der Waals surface area contributed by atoms with E-state index in [1.54, 1.807) is 32.9 Å². The standard InChI is InChI=1S/C26H37N3O6/c1-16-9-8-12-18(13-16)28-25(34)27-15-21(30)29-20(24(33)35-26(2,3)4)14-19(23(31)32)22(29)17-10-6-5-7-11-17/h8-9,12-13,17,19-20,22H,5-7,10-11,14-15H2,1-4H3,(H,31,32)(H2,27,28,34). The zero-order valence-corrected chi connectivity index (χ0v) is 21.0. The summed E-state index contributed by atoms with van der Waals surface area (Å²) in [5.41, 5.74) is 0.791. The highest BCUT2D eigenvalue weighted by Gasteiger charge is 2.53. The molecule has 9 heteroatoms. The molecule has 1 saturated heterocycles. The van der Waals surface area contributed by atoms with E-state index in [4.69, 9.17) is 4.74 Å². The van der Waals surface area contributed by atoms with Gasteiger partial charge in [-0.2, -0.15) is 0 Å². The Balaban J connectivity index is 1.79. The van der Waals surface area contributed by atoms with Crippen LogP contribution in [0.3, 0.4) is 0 Å². The first-order valence-electron chi connectivity index (χ1n) is 12.3. The summed E-state index contributed by atoms with van der Waals surface area (Å²) in [4.78, 5) is 52.5.